The van der Waals surface area contributed by atoms with Gasteiger partial charge in [0.15, 0.2) is 0 Å². The van der Waals surface area contributed by atoms with Crippen LogP contribution in [0.5, 0.6) is 0 Å². The van der Waals surface area contributed by atoms with Gasteiger partial charge in [0, 0.05) is 11.4 Å². The first kappa shape index (κ1) is 11.6. The molecule has 86 valence electrons. The van der Waals surface area contributed by atoms with Gasteiger partial charge in [0.25, 0.3) is 0 Å². The molecule has 1 aromatic carbocycles. The van der Waals surface area contributed by atoms with E-state index in [1.807, 2.05) is 4.68 Å². The first-order valence-electron chi connectivity index (χ1n) is 5.50. The van der Waals surface area contributed by atoms with Gasteiger partial charge in [-0.1, -0.05) is 6.07 Å². The minimum Gasteiger partial charge on any atom is -0.330 e. The fourth-order valence-corrected chi connectivity index (χ4v) is 2.35. The number of nitrogens with two attached hydrogens (primary N) is 1. The molecule has 0 atom stereocenters. The molecule has 0 aliphatic heterocycles. The molecule has 2 aromatic rings. The standard InChI is InChI=1S/C12H16BrN3/c1-8(2)16-11-4-3-9(5-6-14)7-10(11)12(13)15-16/h3-4,7-8H,5-6,14H2,1-2H3. The molecule has 0 radical (unpaired) electrons. The molecular formula is C12H16BrN3. The van der Waals surface area contributed by atoms with Gasteiger partial charge in [0.1, 0.15) is 4.60 Å². The summed E-state index contributed by atoms with van der Waals surface area (Å²) in [5, 5.41) is 5.66. The van der Waals surface area contributed by atoms with Crippen LogP contribution in [0, 0.1) is 0 Å². The summed E-state index contributed by atoms with van der Waals surface area (Å²) in [7, 11) is 0. The van der Waals surface area contributed by atoms with Gasteiger partial charge in [-0.15, -0.1) is 0 Å². The van der Waals surface area contributed by atoms with Crippen molar-refractivity contribution in [1.29, 1.82) is 0 Å². The molecule has 1 aromatic heterocycles. The SMILES string of the molecule is CC(C)n1nc(Br)c2cc(CCN)ccc21. The van der Waals surface area contributed by atoms with Gasteiger partial charge in [0.05, 0.1) is 5.52 Å². The monoisotopic (exact) mass is 281 g/mol. The zero-order valence-electron chi connectivity index (χ0n) is 9.57. The van der Waals surface area contributed by atoms with E-state index in [0.717, 1.165) is 11.0 Å². The van der Waals surface area contributed by atoms with Crippen LogP contribution in [0.15, 0.2) is 22.8 Å². The predicted molar refractivity (Wildman–Crippen MR) is 70.6 cm³/mol. The van der Waals surface area contributed by atoms with Crippen molar-refractivity contribution < 1.29 is 0 Å². The molecule has 16 heavy (non-hydrogen) atoms. The summed E-state index contributed by atoms with van der Waals surface area (Å²) in [5.74, 6) is 0. The van der Waals surface area contributed by atoms with E-state index in [-0.39, 0.29) is 0 Å². The summed E-state index contributed by atoms with van der Waals surface area (Å²) in [6, 6.07) is 6.78. The lowest BCUT2D eigenvalue weighted by molar-refractivity contribution is 0.548. The van der Waals surface area contributed by atoms with E-state index in [2.05, 4.69) is 53.1 Å². The van der Waals surface area contributed by atoms with E-state index in [1.54, 1.807) is 0 Å². The Balaban J connectivity index is 2.57. The summed E-state index contributed by atoms with van der Waals surface area (Å²) in [5.41, 5.74) is 8.00. The van der Waals surface area contributed by atoms with Crippen LogP contribution in [0.2, 0.25) is 0 Å². The van der Waals surface area contributed by atoms with E-state index in [4.69, 9.17) is 5.73 Å². The summed E-state index contributed by atoms with van der Waals surface area (Å²) < 4.78 is 2.95. The van der Waals surface area contributed by atoms with E-state index in [9.17, 15) is 0 Å². The summed E-state index contributed by atoms with van der Waals surface area (Å²) in [4.78, 5) is 0. The molecule has 0 amide bonds. The highest BCUT2D eigenvalue weighted by Gasteiger charge is 2.10. The van der Waals surface area contributed by atoms with Gasteiger partial charge in [-0.25, -0.2) is 0 Å². The lowest BCUT2D eigenvalue weighted by Gasteiger charge is -2.07. The molecule has 2 N–H and O–H groups in total. The van der Waals surface area contributed by atoms with Crippen molar-refractivity contribution in [3.8, 4) is 0 Å². The summed E-state index contributed by atoms with van der Waals surface area (Å²) >= 11 is 3.51. The normalized spacial score (nSPS) is 11.6. The van der Waals surface area contributed by atoms with Crippen molar-refractivity contribution in [2.45, 2.75) is 26.3 Å². The fourth-order valence-electron chi connectivity index (χ4n) is 1.87. The summed E-state index contributed by atoms with van der Waals surface area (Å²) in [6.45, 7) is 4.95. The van der Waals surface area contributed by atoms with Gasteiger partial charge in [-0.3, -0.25) is 4.68 Å². The van der Waals surface area contributed by atoms with Crippen molar-refractivity contribution in [2.24, 2.45) is 5.73 Å². The minimum absolute atomic E-state index is 0.370. The maximum Gasteiger partial charge on any atom is 0.136 e. The molecule has 0 saturated carbocycles. The van der Waals surface area contributed by atoms with Gasteiger partial charge >= 0.3 is 0 Å². The second-order valence-corrected chi connectivity index (χ2v) is 4.97. The first-order valence-corrected chi connectivity index (χ1v) is 6.29. The lowest BCUT2D eigenvalue weighted by Crippen LogP contribution is -2.03. The zero-order valence-corrected chi connectivity index (χ0v) is 11.2. The molecule has 0 bridgehead atoms. The van der Waals surface area contributed by atoms with Crippen molar-refractivity contribution >= 4 is 26.8 Å². The van der Waals surface area contributed by atoms with Gasteiger partial charge in [-0.05, 0) is 60.4 Å². The third kappa shape index (κ3) is 1.99. The van der Waals surface area contributed by atoms with Crippen LogP contribution in [0.4, 0.5) is 0 Å². The minimum atomic E-state index is 0.370. The molecule has 1 heterocycles. The Kier molecular flexibility index (Phi) is 3.30. The number of hydrogen-bond donors (Lipinski definition) is 1. The number of benzene rings is 1. The number of nitrogens with zero attached hydrogens (tertiary/aromatic N) is 2. The highest BCUT2D eigenvalue weighted by atomic mass is 79.9. The van der Waals surface area contributed by atoms with Crippen LogP contribution in [-0.2, 0) is 6.42 Å². The Labute approximate surface area is 104 Å². The average molecular weight is 282 g/mol. The second-order valence-electron chi connectivity index (χ2n) is 4.22. The van der Waals surface area contributed by atoms with Gasteiger partial charge in [-0.2, -0.15) is 5.10 Å². The van der Waals surface area contributed by atoms with Crippen molar-refractivity contribution in [3.05, 3.63) is 28.4 Å². The fraction of sp³-hybridized carbons (Fsp3) is 0.417. The third-order valence-electron chi connectivity index (χ3n) is 2.65. The lowest BCUT2D eigenvalue weighted by atomic mass is 10.1. The van der Waals surface area contributed by atoms with Crippen LogP contribution in [0.1, 0.15) is 25.5 Å². The quantitative estimate of drug-likeness (QED) is 0.940. The summed E-state index contributed by atoms with van der Waals surface area (Å²) in [6.07, 6.45) is 0.912. The van der Waals surface area contributed by atoms with Gasteiger partial charge < -0.3 is 5.73 Å². The largest absolute Gasteiger partial charge is 0.330 e. The maximum absolute atomic E-state index is 5.56. The smallest absolute Gasteiger partial charge is 0.136 e. The second kappa shape index (κ2) is 4.55. The Hall–Kier alpha value is -0.870. The highest BCUT2D eigenvalue weighted by molar-refractivity contribution is 9.10. The topological polar surface area (TPSA) is 43.8 Å². The first-order chi connectivity index (χ1) is 7.63. The maximum atomic E-state index is 5.56. The Morgan fingerprint density at radius 3 is 2.81 bits per heavy atom. The molecule has 2 rings (SSSR count). The number of halogens is 1. The van der Waals surface area contributed by atoms with Gasteiger partial charge in [0.2, 0.25) is 0 Å². The number of aromatic nitrogens is 2. The highest BCUT2D eigenvalue weighted by Crippen LogP contribution is 2.26. The van der Waals surface area contributed by atoms with Crippen LogP contribution in [-0.4, -0.2) is 16.3 Å². The zero-order chi connectivity index (χ0) is 11.7. The van der Waals surface area contributed by atoms with Crippen LogP contribution in [0.3, 0.4) is 0 Å². The van der Waals surface area contributed by atoms with E-state index < -0.39 is 0 Å². The van der Waals surface area contributed by atoms with Crippen molar-refractivity contribution in [2.75, 3.05) is 6.54 Å². The van der Waals surface area contributed by atoms with Crippen molar-refractivity contribution in [1.82, 2.24) is 9.78 Å². The number of rotatable bonds is 3. The predicted octanol–water partition coefficient (Wildman–Crippen LogP) is 2.88. The van der Waals surface area contributed by atoms with E-state index in [1.165, 1.54) is 16.5 Å². The van der Waals surface area contributed by atoms with E-state index >= 15 is 0 Å². The Morgan fingerprint density at radius 1 is 1.44 bits per heavy atom. The molecule has 4 heteroatoms. The average Bonchev–Trinajstić information content (AvgIpc) is 2.57. The number of hydrogen-bond acceptors (Lipinski definition) is 2. The van der Waals surface area contributed by atoms with E-state index in [0.29, 0.717) is 12.6 Å². The van der Waals surface area contributed by atoms with Crippen molar-refractivity contribution in [3.63, 3.8) is 0 Å². The Bertz CT molecular complexity index is 502. The molecule has 3 nitrogen and oxygen atoms in total. The molecule has 0 aliphatic carbocycles. The number of fused-ring (bicyclic) bond motifs is 1. The van der Waals surface area contributed by atoms with Crippen LogP contribution < -0.4 is 5.73 Å². The Morgan fingerprint density at radius 2 is 2.19 bits per heavy atom. The molecule has 0 fully saturated rings. The van der Waals surface area contributed by atoms with Crippen LogP contribution >= 0.6 is 15.9 Å². The van der Waals surface area contributed by atoms with Crippen LogP contribution in [0.25, 0.3) is 10.9 Å². The molecule has 0 spiro atoms. The third-order valence-corrected chi connectivity index (χ3v) is 3.23. The molecule has 0 unspecified atom stereocenters. The molecule has 0 aliphatic rings. The molecule has 0 saturated heterocycles. The molecular weight excluding hydrogens is 266 g/mol.